The minimum absolute atomic E-state index is 0.0390. The van der Waals surface area contributed by atoms with Gasteiger partial charge in [0.1, 0.15) is 24.2 Å². The molecule has 0 aliphatic rings. The van der Waals surface area contributed by atoms with Crippen molar-refractivity contribution in [3.63, 3.8) is 0 Å². The molecule has 0 radical (unpaired) electrons. The Bertz CT molecular complexity index is 423. The van der Waals surface area contributed by atoms with Gasteiger partial charge in [-0.25, -0.2) is 0 Å². The third-order valence-corrected chi connectivity index (χ3v) is 8.50. The molecule has 4 nitrogen and oxygen atoms in total. The summed E-state index contributed by atoms with van der Waals surface area (Å²) in [5, 5.41) is 9.62. The summed E-state index contributed by atoms with van der Waals surface area (Å²) in [6.45, 7) is 11.2. The normalized spacial score (nSPS) is 13.9. The minimum atomic E-state index is -1.90. The van der Waals surface area contributed by atoms with Crippen molar-refractivity contribution in [2.45, 2.75) is 45.0 Å². The van der Waals surface area contributed by atoms with E-state index in [1.165, 1.54) is 0 Å². The number of aliphatic hydroxyl groups excluding tert-OH is 1. The van der Waals surface area contributed by atoms with Crippen LogP contribution in [0.4, 0.5) is 0 Å². The lowest BCUT2D eigenvalue weighted by Gasteiger charge is -2.38. The number of benzene rings is 1. The maximum absolute atomic E-state index is 9.51. The van der Waals surface area contributed by atoms with Gasteiger partial charge < -0.3 is 19.0 Å². The predicted molar refractivity (Wildman–Crippen MR) is 87.6 cm³/mol. The largest absolute Gasteiger partial charge is 0.497 e. The SMILES string of the molecule is COc1ccc(OC[C@@H](CO)O[Si](C)(C)C(C)(C)C)cc1. The van der Waals surface area contributed by atoms with Gasteiger partial charge in [-0.2, -0.15) is 0 Å². The van der Waals surface area contributed by atoms with Crippen molar-refractivity contribution >= 4 is 8.32 Å². The van der Waals surface area contributed by atoms with E-state index >= 15 is 0 Å². The standard InChI is InChI=1S/C16H28O4Si/c1-16(2,3)21(5,6)20-15(11-17)12-19-14-9-7-13(18-4)8-10-14/h7-10,15,17H,11-12H2,1-6H3/t15-/m1/s1. The van der Waals surface area contributed by atoms with Crippen LogP contribution in [0.5, 0.6) is 11.5 Å². The second-order valence-corrected chi connectivity index (χ2v) is 11.4. The molecule has 0 aromatic heterocycles. The first-order valence-electron chi connectivity index (χ1n) is 7.25. The molecule has 1 atom stereocenters. The van der Waals surface area contributed by atoms with Crippen LogP contribution in [-0.4, -0.2) is 39.9 Å². The summed E-state index contributed by atoms with van der Waals surface area (Å²) in [5.41, 5.74) is 0. The number of hydrogen-bond donors (Lipinski definition) is 1. The van der Waals surface area contributed by atoms with Crippen molar-refractivity contribution < 1.29 is 19.0 Å². The van der Waals surface area contributed by atoms with Crippen LogP contribution < -0.4 is 9.47 Å². The van der Waals surface area contributed by atoms with E-state index in [9.17, 15) is 5.11 Å². The first-order chi connectivity index (χ1) is 9.69. The molecule has 5 heteroatoms. The van der Waals surface area contributed by atoms with Crippen molar-refractivity contribution in [2.75, 3.05) is 20.3 Å². The molecule has 0 spiro atoms. The molecule has 1 aromatic carbocycles. The third kappa shape index (κ3) is 5.34. The Hall–Kier alpha value is -1.04. The maximum atomic E-state index is 9.51. The molecule has 1 aromatic rings. The zero-order chi connectivity index (χ0) is 16.1. The minimum Gasteiger partial charge on any atom is -0.497 e. The highest BCUT2D eigenvalue weighted by Crippen LogP contribution is 2.37. The first kappa shape index (κ1) is 18.0. The Morgan fingerprint density at radius 1 is 1.10 bits per heavy atom. The van der Waals surface area contributed by atoms with Gasteiger partial charge in [-0.15, -0.1) is 0 Å². The molecule has 0 amide bonds. The number of rotatable bonds is 7. The van der Waals surface area contributed by atoms with Gasteiger partial charge in [-0.3, -0.25) is 0 Å². The van der Waals surface area contributed by atoms with E-state index in [0.717, 1.165) is 11.5 Å². The molecule has 0 fully saturated rings. The topological polar surface area (TPSA) is 47.9 Å². The van der Waals surface area contributed by atoms with Crippen LogP contribution in [-0.2, 0) is 4.43 Å². The molecule has 0 unspecified atom stereocenters. The summed E-state index contributed by atoms with van der Waals surface area (Å²) in [7, 11) is -0.272. The first-order valence-corrected chi connectivity index (χ1v) is 10.2. The average Bonchev–Trinajstić information content (AvgIpc) is 2.42. The molecular formula is C16H28O4Si. The molecule has 0 heterocycles. The summed E-state index contributed by atoms with van der Waals surface area (Å²) >= 11 is 0. The van der Waals surface area contributed by atoms with E-state index in [-0.39, 0.29) is 17.7 Å². The van der Waals surface area contributed by atoms with Gasteiger partial charge in [0, 0.05) is 0 Å². The van der Waals surface area contributed by atoms with Crippen molar-refractivity contribution in [1.29, 1.82) is 0 Å². The number of hydrogen-bond acceptors (Lipinski definition) is 4. The summed E-state index contributed by atoms with van der Waals surface area (Å²) in [6.07, 6.45) is -0.298. The Morgan fingerprint density at radius 3 is 2.05 bits per heavy atom. The van der Waals surface area contributed by atoms with Crippen LogP contribution in [0, 0.1) is 0 Å². The Morgan fingerprint density at radius 2 is 1.62 bits per heavy atom. The fourth-order valence-corrected chi connectivity index (χ4v) is 2.91. The monoisotopic (exact) mass is 312 g/mol. The van der Waals surface area contributed by atoms with Gasteiger partial charge >= 0.3 is 0 Å². The fourth-order valence-electron chi connectivity index (χ4n) is 1.58. The summed E-state index contributed by atoms with van der Waals surface area (Å²) < 4.78 is 17.0. The number of aliphatic hydroxyl groups is 1. The smallest absolute Gasteiger partial charge is 0.192 e. The van der Waals surface area contributed by atoms with Crippen LogP contribution in [0.3, 0.4) is 0 Å². The third-order valence-electron chi connectivity index (χ3n) is 3.97. The zero-order valence-electron chi connectivity index (χ0n) is 14.0. The van der Waals surface area contributed by atoms with E-state index < -0.39 is 8.32 Å². The Balaban J connectivity index is 2.58. The van der Waals surface area contributed by atoms with E-state index in [4.69, 9.17) is 13.9 Å². The van der Waals surface area contributed by atoms with Gasteiger partial charge in [0.05, 0.1) is 13.7 Å². The van der Waals surface area contributed by atoms with Gasteiger partial charge in [0.2, 0.25) is 0 Å². The van der Waals surface area contributed by atoms with Crippen LogP contribution in [0.15, 0.2) is 24.3 Å². The Kier molecular flexibility index (Phi) is 6.25. The molecule has 0 aliphatic carbocycles. The molecule has 0 bridgehead atoms. The molecule has 0 aliphatic heterocycles. The molecule has 120 valence electrons. The Labute approximate surface area is 129 Å². The van der Waals surface area contributed by atoms with Gasteiger partial charge in [0.15, 0.2) is 8.32 Å². The molecular weight excluding hydrogens is 284 g/mol. The summed E-state index contributed by atoms with van der Waals surface area (Å²) in [4.78, 5) is 0. The van der Waals surface area contributed by atoms with Crippen molar-refractivity contribution in [3.05, 3.63) is 24.3 Å². The predicted octanol–water partition coefficient (Wildman–Crippen LogP) is 3.46. The van der Waals surface area contributed by atoms with Crippen LogP contribution in [0.1, 0.15) is 20.8 Å². The zero-order valence-corrected chi connectivity index (χ0v) is 15.0. The quantitative estimate of drug-likeness (QED) is 0.783. The van der Waals surface area contributed by atoms with Crippen LogP contribution >= 0.6 is 0 Å². The van der Waals surface area contributed by atoms with Crippen molar-refractivity contribution in [3.8, 4) is 11.5 Å². The highest BCUT2D eigenvalue weighted by atomic mass is 28.4. The number of methoxy groups -OCH3 is 1. The second-order valence-electron chi connectivity index (χ2n) is 6.67. The van der Waals surface area contributed by atoms with Crippen LogP contribution in [0.2, 0.25) is 18.1 Å². The van der Waals surface area contributed by atoms with Crippen molar-refractivity contribution in [2.24, 2.45) is 0 Å². The van der Waals surface area contributed by atoms with E-state index in [1.54, 1.807) is 7.11 Å². The highest BCUT2D eigenvalue weighted by Gasteiger charge is 2.39. The molecule has 21 heavy (non-hydrogen) atoms. The lowest BCUT2D eigenvalue weighted by Crippen LogP contribution is -2.46. The summed E-state index contributed by atoms with van der Waals surface area (Å²) in [5.74, 6) is 1.53. The van der Waals surface area contributed by atoms with Gasteiger partial charge in [-0.05, 0) is 42.4 Å². The van der Waals surface area contributed by atoms with E-state index in [1.807, 2.05) is 24.3 Å². The second kappa shape index (κ2) is 7.29. The van der Waals surface area contributed by atoms with Gasteiger partial charge in [0.25, 0.3) is 0 Å². The lowest BCUT2D eigenvalue weighted by molar-refractivity contribution is 0.0614. The van der Waals surface area contributed by atoms with Crippen molar-refractivity contribution in [1.82, 2.24) is 0 Å². The average molecular weight is 312 g/mol. The molecule has 1 N–H and O–H groups in total. The lowest BCUT2D eigenvalue weighted by atomic mass is 10.2. The molecule has 0 saturated carbocycles. The maximum Gasteiger partial charge on any atom is 0.192 e. The van der Waals surface area contributed by atoms with Crippen LogP contribution in [0.25, 0.3) is 0 Å². The molecule has 1 rings (SSSR count). The van der Waals surface area contributed by atoms with Gasteiger partial charge in [-0.1, -0.05) is 20.8 Å². The highest BCUT2D eigenvalue weighted by molar-refractivity contribution is 6.74. The fraction of sp³-hybridized carbons (Fsp3) is 0.625. The number of ether oxygens (including phenoxy) is 2. The van der Waals surface area contributed by atoms with E-state index in [0.29, 0.717) is 6.61 Å². The summed E-state index contributed by atoms with van der Waals surface area (Å²) in [6, 6.07) is 7.38. The molecule has 0 saturated heterocycles. The van der Waals surface area contributed by atoms with E-state index in [2.05, 4.69) is 33.9 Å².